The van der Waals surface area contributed by atoms with Gasteiger partial charge >= 0.3 is 0 Å². The molecule has 0 amide bonds. The predicted molar refractivity (Wildman–Crippen MR) is 114 cm³/mol. The molecule has 1 aliphatic rings. The average Bonchev–Trinajstić information content (AvgIpc) is 2.63. The Bertz CT molecular complexity index is 505. The molecule has 0 aromatic heterocycles. The van der Waals surface area contributed by atoms with Crippen molar-refractivity contribution in [2.24, 2.45) is 4.99 Å². The first-order chi connectivity index (χ1) is 11.8. The van der Waals surface area contributed by atoms with Gasteiger partial charge in [-0.25, -0.2) is 4.99 Å². The van der Waals surface area contributed by atoms with Crippen LogP contribution < -0.4 is 10.6 Å². The van der Waals surface area contributed by atoms with Crippen LogP contribution in [0.25, 0.3) is 0 Å². The van der Waals surface area contributed by atoms with Crippen LogP contribution in [0.5, 0.6) is 0 Å². The Hall–Kier alpha value is -0.860. The molecule has 0 aliphatic carbocycles. The molecule has 0 atom stereocenters. The predicted octanol–water partition coefficient (Wildman–Crippen LogP) is 3.47. The van der Waals surface area contributed by atoms with Crippen molar-refractivity contribution in [3.63, 3.8) is 0 Å². The van der Waals surface area contributed by atoms with Crippen LogP contribution in [0.4, 0.5) is 0 Å². The first kappa shape index (κ1) is 22.2. The minimum Gasteiger partial charge on any atom is -0.381 e. The third kappa shape index (κ3) is 8.87. The maximum absolute atomic E-state index is 6.00. The van der Waals surface area contributed by atoms with Gasteiger partial charge in [0.1, 0.15) is 0 Å². The molecule has 25 heavy (non-hydrogen) atoms. The van der Waals surface area contributed by atoms with E-state index < -0.39 is 0 Å². The van der Waals surface area contributed by atoms with Gasteiger partial charge in [0, 0.05) is 26.3 Å². The molecule has 6 heteroatoms. The molecule has 1 fully saturated rings. The zero-order valence-corrected chi connectivity index (χ0v) is 17.8. The Morgan fingerprint density at radius 1 is 1.20 bits per heavy atom. The lowest BCUT2D eigenvalue weighted by molar-refractivity contribution is -0.0390. The van der Waals surface area contributed by atoms with Crippen LogP contribution in [0.3, 0.4) is 0 Å². The first-order valence-corrected chi connectivity index (χ1v) is 9.11. The van der Waals surface area contributed by atoms with Gasteiger partial charge in [0.15, 0.2) is 5.96 Å². The molecule has 0 radical (unpaired) electrons. The van der Waals surface area contributed by atoms with Gasteiger partial charge in [0.2, 0.25) is 0 Å². The standard InChI is InChI=1S/C19H31N3O2.HI/c1-3-10-21-19(20-4-2)22-14-16-6-5-7-17(13-16)15-24-18-8-11-23-12-9-18;/h5-7,13,18H,3-4,8-12,14-15H2,1-2H3,(H2,20,21,22);1H. The second-order valence-electron chi connectivity index (χ2n) is 6.06. The summed E-state index contributed by atoms with van der Waals surface area (Å²) in [5.41, 5.74) is 2.41. The number of aliphatic imine (C=N–C) groups is 1. The molecule has 1 aliphatic heterocycles. The summed E-state index contributed by atoms with van der Waals surface area (Å²) in [5, 5.41) is 6.60. The Kier molecular flexibility index (Phi) is 11.9. The van der Waals surface area contributed by atoms with Gasteiger partial charge in [-0.2, -0.15) is 0 Å². The van der Waals surface area contributed by atoms with Crippen molar-refractivity contribution in [3.05, 3.63) is 35.4 Å². The minimum absolute atomic E-state index is 0. The number of halogens is 1. The van der Waals surface area contributed by atoms with E-state index in [9.17, 15) is 0 Å². The number of ether oxygens (including phenoxy) is 2. The fraction of sp³-hybridized carbons (Fsp3) is 0.632. The molecule has 1 saturated heterocycles. The largest absolute Gasteiger partial charge is 0.381 e. The van der Waals surface area contributed by atoms with E-state index in [1.165, 1.54) is 11.1 Å². The van der Waals surface area contributed by atoms with Crippen molar-refractivity contribution >= 4 is 29.9 Å². The van der Waals surface area contributed by atoms with Crippen LogP contribution in [0.2, 0.25) is 0 Å². The van der Waals surface area contributed by atoms with E-state index in [-0.39, 0.29) is 24.0 Å². The van der Waals surface area contributed by atoms with Crippen LogP contribution in [-0.2, 0) is 22.6 Å². The van der Waals surface area contributed by atoms with E-state index in [1.807, 2.05) is 0 Å². The summed E-state index contributed by atoms with van der Waals surface area (Å²) in [6.07, 6.45) is 3.42. The minimum atomic E-state index is 0. The van der Waals surface area contributed by atoms with E-state index in [0.29, 0.717) is 19.3 Å². The lowest BCUT2D eigenvalue weighted by Crippen LogP contribution is -2.37. The third-order valence-electron chi connectivity index (χ3n) is 3.95. The maximum Gasteiger partial charge on any atom is 0.191 e. The Morgan fingerprint density at radius 2 is 1.96 bits per heavy atom. The molecule has 0 bridgehead atoms. The van der Waals surface area contributed by atoms with Gasteiger partial charge in [-0.1, -0.05) is 31.2 Å². The van der Waals surface area contributed by atoms with Crippen LogP contribution >= 0.6 is 24.0 Å². The molecule has 1 aromatic rings. The number of nitrogens with one attached hydrogen (secondary N) is 2. The molecule has 2 rings (SSSR count). The fourth-order valence-electron chi connectivity index (χ4n) is 2.63. The molecule has 2 N–H and O–H groups in total. The Labute approximate surface area is 169 Å². The quantitative estimate of drug-likeness (QED) is 0.354. The summed E-state index contributed by atoms with van der Waals surface area (Å²) in [4.78, 5) is 4.65. The number of hydrogen-bond donors (Lipinski definition) is 2. The topological polar surface area (TPSA) is 54.9 Å². The van der Waals surface area contributed by atoms with Crippen LogP contribution in [0.15, 0.2) is 29.3 Å². The van der Waals surface area contributed by atoms with Crippen LogP contribution in [-0.4, -0.2) is 38.4 Å². The van der Waals surface area contributed by atoms with Gasteiger partial charge < -0.3 is 20.1 Å². The number of hydrogen-bond acceptors (Lipinski definition) is 3. The molecular weight excluding hydrogens is 429 g/mol. The molecule has 0 spiro atoms. The van der Waals surface area contributed by atoms with Gasteiger partial charge in [-0.15, -0.1) is 24.0 Å². The Morgan fingerprint density at radius 3 is 2.68 bits per heavy atom. The highest BCUT2D eigenvalue weighted by Crippen LogP contribution is 2.14. The van der Waals surface area contributed by atoms with Gasteiger partial charge in [0.05, 0.1) is 19.3 Å². The van der Waals surface area contributed by atoms with Crippen molar-refractivity contribution in [3.8, 4) is 0 Å². The van der Waals surface area contributed by atoms with E-state index in [0.717, 1.165) is 51.5 Å². The number of benzene rings is 1. The maximum atomic E-state index is 6.00. The highest BCUT2D eigenvalue weighted by molar-refractivity contribution is 14.0. The highest BCUT2D eigenvalue weighted by Gasteiger charge is 2.13. The first-order valence-electron chi connectivity index (χ1n) is 9.11. The summed E-state index contributed by atoms with van der Waals surface area (Å²) in [7, 11) is 0. The van der Waals surface area contributed by atoms with Crippen molar-refractivity contribution < 1.29 is 9.47 Å². The summed E-state index contributed by atoms with van der Waals surface area (Å²) in [5.74, 6) is 0.878. The summed E-state index contributed by atoms with van der Waals surface area (Å²) < 4.78 is 11.4. The monoisotopic (exact) mass is 461 g/mol. The molecule has 1 aromatic carbocycles. The number of guanidine groups is 1. The SMILES string of the molecule is CCCNC(=NCc1cccc(COC2CCOCC2)c1)NCC.I. The molecule has 0 unspecified atom stereocenters. The molecule has 5 nitrogen and oxygen atoms in total. The number of nitrogens with zero attached hydrogens (tertiary/aromatic N) is 1. The van der Waals surface area contributed by atoms with Crippen LogP contribution in [0, 0.1) is 0 Å². The fourth-order valence-corrected chi connectivity index (χ4v) is 2.63. The smallest absolute Gasteiger partial charge is 0.191 e. The third-order valence-corrected chi connectivity index (χ3v) is 3.95. The lowest BCUT2D eigenvalue weighted by atomic mass is 10.1. The average molecular weight is 461 g/mol. The molecule has 142 valence electrons. The van der Waals surface area contributed by atoms with E-state index in [1.54, 1.807) is 0 Å². The molecular formula is C19H32IN3O2. The van der Waals surface area contributed by atoms with Gasteiger partial charge in [0.25, 0.3) is 0 Å². The second-order valence-corrected chi connectivity index (χ2v) is 6.06. The molecule has 1 heterocycles. The summed E-state index contributed by atoms with van der Waals surface area (Å²) in [6, 6.07) is 8.50. The van der Waals surface area contributed by atoms with Gasteiger partial charge in [-0.3, -0.25) is 0 Å². The van der Waals surface area contributed by atoms with E-state index in [4.69, 9.17) is 9.47 Å². The summed E-state index contributed by atoms with van der Waals surface area (Å²) in [6.45, 7) is 9.00. The summed E-state index contributed by atoms with van der Waals surface area (Å²) >= 11 is 0. The van der Waals surface area contributed by atoms with Crippen molar-refractivity contribution in [2.75, 3.05) is 26.3 Å². The van der Waals surface area contributed by atoms with Crippen molar-refractivity contribution in [1.82, 2.24) is 10.6 Å². The molecule has 0 saturated carbocycles. The lowest BCUT2D eigenvalue weighted by Gasteiger charge is -2.22. The normalized spacial score (nSPS) is 15.5. The van der Waals surface area contributed by atoms with Crippen LogP contribution in [0.1, 0.15) is 44.2 Å². The zero-order valence-electron chi connectivity index (χ0n) is 15.4. The Balaban J connectivity index is 0.00000312. The van der Waals surface area contributed by atoms with E-state index in [2.05, 4.69) is 53.7 Å². The zero-order chi connectivity index (χ0) is 17.0. The van der Waals surface area contributed by atoms with Crippen molar-refractivity contribution in [2.45, 2.75) is 52.4 Å². The van der Waals surface area contributed by atoms with E-state index >= 15 is 0 Å². The second kappa shape index (κ2) is 13.4. The van der Waals surface area contributed by atoms with Gasteiger partial charge in [-0.05, 0) is 37.3 Å². The highest BCUT2D eigenvalue weighted by atomic mass is 127. The number of rotatable bonds is 8. The van der Waals surface area contributed by atoms with Crippen molar-refractivity contribution in [1.29, 1.82) is 0 Å².